The van der Waals surface area contributed by atoms with Crippen molar-refractivity contribution in [1.82, 2.24) is 4.98 Å². The van der Waals surface area contributed by atoms with Crippen LogP contribution in [0.3, 0.4) is 0 Å². The second kappa shape index (κ2) is 7.96. The van der Waals surface area contributed by atoms with E-state index in [1.165, 1.54) is 10.4 Å². The highest BCUT2D eigenvalue weighted by atomic mass is 32.2. The fourth-order valence-corrected chi connectivity index (χ4v) is 4.43. The first-order valence-corrected chi connectivity index (χ1v) is 9.30. The number of hydrogen-bond acceptors (Lipinski definition) is 4. The minimum atomic E-state index is 0.607. The zero-order valence-electron chi connectivity index (χ0n) is 12.6. The summed E-state index contributed by atoms with van der Waals surface area (Å²) < 4.78 is 1.07. The molecule has 0 aliphatic rings. The number of thioether (sulfide) groups is 1. The average Bonchev–Trinajstić information content (AvgIpc) is 3.05. The highest BCUT2D eigenvalue weighted by Gasteiger charge is 2.14. The van der Waals surface area contributed by atoms with Crippen LogP contribution in [-0.4, -0.2) is 10.7 Å². The molecular formula is C19H16N2S2. The molecule has 23 heavy (non-hydrogen) atoms. The Bertz CT molecular complexity index is 732. The third-order valence-electron chi connectivity index (χ3n) is 3.35. The molecule has 2 nitrogen and oxygen atoms in total. The Morgan fingerprint density at radius 1 is 0.957 bits per heavy atom. The highest BCUT2D eigenvalue weighted by Crippen LogP contribution is 2.40. The Labute approximate surface area is 144 Å². The van der Waals surface area contributed by atoms with E-state index in [2.05, 4.69) is 42.5 Å². The molecule has 0 fully saturated rings. The van der Waals surface area contributed by atoms with Crippen molar-refractivity contribution < 1.29 is 0 Å². The van der Waals surface area contributed by atoms with E-state index in [1.54, 1.807) is 23.1 Å². The SMILES string of the molecule is N#CCCCSc1nc(-c2ccccc2)c(-c2ccccc2)s1. The van der Waals surface area contributed by atoms with E-state index >= 15 is 0 Å². The molecule has 3 rings (SSSR count). The van der Waals surface area contributed by atoms with Gasteiger partial charge < -0.3 is 0 Å². The summed E-state index contributed by atoms with van der Waals surface area (Å²) in [4.78, 5) is 6.06. The summed E-state index contributed by atoms with van der Waals surface area (Å²) in [5.41, 5.74) is 3.39. The zero-order valence-corrected chi connectivity index (χ0v) is 14.2. The number of benzene rings is 2. The molecule has 1 heterocycles. The van der Waals surface area contributed by atoms with Crippen molar-refractivity contribution >= 4 is 23.1 Å². The molecular weight excluding hydrogens is 320 g/mol. The van der Waals surface area contributed by atoms with E-state index in [4.69, 9.17) is 10.2 Å². The fourth-order valence-electron chi connectivity index (χ4n) is 2.25. The third-order valence-corrected chi connectivity index (χ3v) is 5.68. The molecule has 0 spiro atoms. The number of unbranched alkanes of at least 4 members (excludes halogenated alkanes) is 1. The molecule has 0 bridgehead atoms. The largest absolute Gasteiger partial charge is 0.229 e. The number of rotatable bonds is 6. The lowest BCUT2D eigenvalue weighted by atomic mass is 10.1. The van der Waals surface area contributed by atoms with Gasteiger partial charge in [0.15, 0.2) is 4.34 Å². The molecule has 4 heteroatoms. The van der Waals surface area contributed by atoms with Crippen LogP contribution >= 0.6 is 23.1 Å². The van der Waals surface area contributed by atoms with Crippen molar-refractivity contribution in [2.24, 2.45) is 0 Å². The van der Waals surface area contributed by atoms with Crippen molar-refractivity contribution in [3.8, 4) is 27.8 Å². The van der Waals surface area contributed by atoms with Crippen molar-refractivity contribution in [2.45, 2.75) is 17.2 Å². The van der Waals surface area contributed by atoms with Gasteiger partial charge in [0.05, 0.1) is 16.6 Å². The topological polar surface area (TPSA) is 36.7 Å². The molecule has 114 valence electrons. The summed E-state index contributed by atoms with van der Waals surface area (Å²) >= 11 is 3.48. The summed E-state index contributed by atoms with van der Waals surface area (Å²) in [5.74, 6) is 0.934. The second-order valence-electron chi connectivity index (χ2n) is 5.00. The van der Waals surface area contributed by atoms with Crippen molar-refractivity contribution in [2.75, 3.05) is 5.75 Å². The monoisotopic (exact) mass is 336 g/mol. The van der Waals surface area contributed by atoms with Crippen LogP contribution in [0.25, 0.3) is 21.7 Å². The Morgan fingerprint density at radius 2 is 1.61 bits per heavy atom. The van der Waals surface area contributed by atoms with Gasteiger partial charge in [-0.25, -0.2) is 4.98 Å². The van der Waals surface area contributed by atoms with Crippen LogP contribution in [0.4, 0.5) is 0 Å². The van der Waals surface area contributed by atoms with Gasteiger partial charge in [0.25, 0.3) is 0 Å². The number of aromatic nitrogens is 1. The molecule has 0 saturated heterocycles. The molecule has 0 aliphatic carbocycles. The summed E-state index contributed by atoms with van der Waals surface area (Å²) in [5, 5.41) is 8.64. The van der Waals surface area contributed by atoms with E-state index in [1.807, 2.05) is 24.3 Å². The van der Waals surface area contributed by atoms with Gasteiger partial charge in [-0.2, -0.15) is 5.26 Å². The summed E-state index contributed by atoms with van der Waals surface area (Å²) in [6.07, 6.45) is 1.51. The van der Waals surface area contributed by atoms with Gasteiger partial charge >= 0.3 is 0 Å². The molecule has 2 aromatic carbocycles. The number of thiazole rings is 1. The predicted molar refractivity (Wildman–Crippen MR) is 98.6 cm³/mol. The molecule has 0 unspecified atom stereocenters. The molecule has 1 aromatic heterocycles. The fraction of sp³-hybridized carbons (Fsp3) is 0.158. The first-order chi connectivity index (χ1) is 11.4. The Morgan fingerprint density at radius 3 is 2.26 bits per heavy atom. The van der Waals surface area contributed by atoms with Crippen LogP contribution in [0.2, 0.25) is 0 Å². The number of nitrogens with zero attached hydrogens (tertiary/aromatic N) is 2. The van der Waals surface area contributed by atoms with E-state index in [-0.39, 0.29) is 0 Å². The maximum Gasteiger partial charge on any atom is 0.151 e. The molecule has 0 saturated carbocycles. The molecule has 0 N–H and O–H groups in total. The number of nitriles is 1. The van der Waals surface area contributed by atoms with Crippen LogP contribution in [0, 0.1) is 11.3 Å². The molecule has 0 atom stereocenters. The molecule has 0 radical (unpaired) electrons. The van der Waals surface area contributed by atoms with Gasteiger partial charge in [-0.1, -0.05) is 72.4 Å². The van der Waals surface area contributed by atoms with Crippen LogP contribution in [0.15, 0.2) is 65.0 Å². The van der Waals surface area contributed by atoms with Crippen molar-refractivity contribution in [3.05, 3.63) is 60.7 Å². The van der Waals surface area contributed by atoms with Crippen LogP contribution in [0.1, 0.15) is 12.8 Å². The minimum Gasteiger partial charge on any atom is -0.229 e. The first-order valence-electron chi connectivity index (χ1n) is 7.50. The normalized spacial score (nSPS) is 10.4. The standard InChI is InChI=1S/C19H16N2S2/c20-13-7-8-14-22-19-21-17(15-9-3-1-4-10-15)18(23-19)16-11-5-2-6-12-16/h1-6,9-12H,7-8,14H2. The van der Waals surface area contributed by atoms with E-state index in [9.17, 15) is 0 Å². The lowest BCUT2D eigenvalue weighted by Gasteiger charge is -2.02. The maximum absolute atomic E-state index is 8.64. The lowest BCUT2D eigenvalue weighted by molar-refractivity contribution is 0.980. The first kappa shape index (κ1) is 15.8. The Kier molecular flexibility index (Phi) is 5.46. The van der Waals surface area contributed by atoms with Gasteiger partial charge in [0, 0.05) is 17.7 Å². The van der Waals surface area contributed by atoms with E-state index < -0.39 is 0 Å². The Balaban J connectivity index is 1.93. The van der Waals surface area contributed by atoms with Gasteiger partial charge in [0.2, 0.25) is 0 Å². The number of hydrogen-bond donors (Lipinski definition) is 0. The van der Waals surface area contributed by atoms with Crippen LogP contribution < -0.4 is 0 Å². The van der Waals surface area contributed by atoms with Crippen molar-refractivity contribution in [3.63, 3.8) is 0 Å². The van der Waals surface area contributed by atoms with Gasteiger partial charge in [-0.3, -0.25) is 0 Å². The average molecular weight is 336 g/mol. The van der Waals surface area contributed by atoms with Crippen molar-refractivity contribution in [1.29, 1.82) is 5.26 Å². The smallest absolute Gasteiger partial charge is 0.151 e. The summed E-state index contributed by atoms with van der Waals surface area (Å²) in [7, 11) is 0. The lowest BCUT2D eigenvalue weighted by Crippen LogP contribution is -1.82. The van der Waals surface area contributed by atoms with E-state index in [0.717, 1.165) is 27.8 Å². The zero-order chi connectivity index (χ0) is 15.9. The van der Waals surface area contributed by atoms with Crippen LogP contribution in [-0.2, 0) is 0 Å². The quantitative estimate of drug-likeness (QED) is 0.417. The second-order valence-corrected chi connectivity index (χ2v) is 7.34. The molecule has 3 aromatic rings. The van der Waals surface area contributed by atoms with Crippen LogP contribution in [0.5, 0.6) is 0 Å². The maximum atomic E-state index is 8.64. The minimum absolute atomic E-state index is 0.607. The predicted octanol–water partition coefficient (Wildman–Crippen LogP) is 5.87. The highest BCUT2D eigenvalue weighted by molar-refractivity contribution is 8.01. The van der Waals surface area contributed by atoms with E-state index in [0.29, 0.717) is 6.42 Å². The summed E-state index contributed by atoms with van der Waals surface area (Å²) in [6.45, 7) is 0. The molecule has 0 aliphatic heterocycles. The summed E-state index contributed by atoms with van der Waals surface area (Å²) in [6, 6.07) is 22.9. The van der Waals surface area contributed by atoms with Gasteiger partial charge in [0.1, 0.15) is 0 Å². The van der Waals surface area contributed by atoms with Gasteiger partial charge in [-0.15, -0.1) is 11.3 Å². The third kappa shape index (κ3) is 4.01. The van der Waals surface area contributed by atoms with Gasteiger partial charge in [-0.05, 0) is 12.0 Å². The Hall–Kier alpha value is -2.09. The molecule has 0 amide bonds.